The number of halogens is 3. The molecule has 1 heterocycles. The highest BCUT2D eigenvalue weighted by Crippen LogP contribution is 2.31. The molecule has 1 N–H and O–H groups in total. The van der Waals surface area contributed by atoms with Crippen LogP contribution in [0.1, 0.15) is 15.9 Å². The Morgan fingerprint density at radius 1 is 1.11 bits per heavy atom. The van der Waals surface area contributed by atoms with E-state index in [4.69, 9.17) is 5.11 Å². The third-order valence-corrected chi connectivity index (χ3v) is 2.52. The molecular formula is C13H8F3NO2. The first-order chi connectivity index (χ1) is 8.89. The van der Waals surface area contributed by atoms with Crippen molar-refractivity contribution >= 4 is 5.97 Å². The molecule has 6 heteroatoms. The summed E-state index contributed by atoms with van der Waals surface area (Å²) < 4.78 is 37.3. The van der Waals surface area contributed by atoms with E-state index in [1.165, 1.54) is 30.5 Å². The van der Waals surface area contributed by atoms with Crippen LogP contribution in [0.2, 0.25) is 0 Å². The number of benzene rings is 1. The Balaban J connectivity index is 2.46. The molecule has 2 aromatic rings. The van der Waals surface area contributed by atoms with Crippen molar-refractivity contribution in [2.45, 2.75) is 6.18 Å². The van der Waals surface area contributed by atoms with E-state index in [1.807, 2.05) is 0 Å². The molecule has 0 aliphatic heterocycles. The maximum Gasteiger partial charge on any atom is 0.416 e. The Hall–Kier alpha value is -2.37. The molecule has 0 fully saturated rings. The zero-order chi connectivity index (χ0) is 14.0. The lowest BCUT2D eigenvalue weighted by atomic mass is 10.0. The molecule has 0 aliphatic rings. The third kappa shape index (κ3) is 2.73. The van der Waals surface area contributed by atoms with Gasteiger partial charge in [-0.1, -0.05) is 12.1 Å². The lowest BCUT2D eigenvalue weighted by molar-refractivity contribution is -0.137. The fraction of sp³-hybridized carbons (Fsp3) is 0.0769. The number of aromatic nitrogens is 1. The van der Waals surface area contributed by atoms with Crippen LogP contribution in [-0.4, -0.2) is 16.1 Å². The van der Waals surface area contributed by atoms with Gasteiger partial charge in [0.05, 0.1) is 16.8 Å². The van der Waals surface area contributed by atoms with Crippen LogP contribution in [0.25, 0.3) is 11.3 Å². The molecular weight excluding hydrogens is 259 g/mol. The van der Waals surface area contributed by atoms with Crippen molar-refractivity contribution in [3.05, 3.63) is 53.7 Å². The monoisotopic (exact) mass is 267 g/mol. The van der Waals surface area contributed by atoms with Crippen LogP contribution in [0.4, 0.5) is 13.2 Å². The fourth-order valence-corrected chi connectivity index (χ4v) is 1.62. The summed E-state index contributed by atoms with van der Waals surface area (Å²) >= 11 is 0. The molecule has 0 amide bonds. The second-order valence-electron chi connectivity index (χ2n) is 3.78. The van der Waals surface area contributed by atoms with Crippen molar-refractivity contribution in [3.63, 3.8) is 0 Å². The first-order valence-electron chi connectivity index (χ1n) is 5.25. The van der Waals surface area contributed by atoms with Gasteiger partial charge in [0.25, 0.3) is 0 Å². The Bertz CT molecular complexity index is 606. The minimum atomic E-state index is -4.42. The SMILES string of the molecule is O=C(O)c1cccnc1-c1ccc(C(F)(F)F)cc1. The number of pyridine rings is 1. The number of rotatable bonds is 2. The van der Waals surface area contributed by atoms with E-state index in [0.29, 0.717) is 5.56 Å². The van der Waals surface area contributed by atoms with E-state index < -0.39 is 17.7 Å². The zero-order valence-corrected chi connectivity index (χ0v) is 9.48. The fourth-order valence-electron chi connectivity index (χ4n) is 1.62. The summed E-state index contributed by atoms with van der Waals surface area (Å²) in [4.78, 5) is 14.9. The Kier molecular flexibility index (Phi) is 3.25. The summed E-state index contributed by atoms with van der Waals surface area (Å²) in [6.07, 6.45) is -3.03. The van der Waals surface area contributed by atoms with Crippen LogP contribution in [0.5, 0.6) is 0 Å². The second-order valence-corrected chi connectivity index (χ2v) is 3.78. The smallest absolute Gasteiger partial charge is 0.416 e. The Labute approximate surface area is 106 Å². The first kappa shape index (κ1) is 13.1. The predicted molar refractivity (Wildman–Crippen MR) is 61.6 cm³/mol. The number of alkyl halides is 3. The summed E-state index contributed by atoms with van der Waals surface area (Å²) in [6, 6.07) is 7.01. The summed E-state index contributed by atoms with van der Waals surface area (Å²) in [5.74, 6) is -1.18. The molecule has 19 heavy (non-hydrogen) atoms. The molecule has 0 unspecified atom stereocenters. The summed E-state index contributed by atoms with van der Waals surface area (Å²) in [5.41, 5.74) is -0.374. The Morgan fingerprint density at radius 2 is 1.74 bits per heavy atom. The van der Waals surface area contributed by atoms with Gasteiger partial charge in [-0.15, -0.1) is 0 Å². The molecule has 1 aromatic carbocycles. The quantitative estimate of drug-likeness (QED) is 0.906. The largest absolute Gasteiger partial charge is 0.478 e. The number of hydrogen-bond acceptors (Lipinski definition) is 2. The molecule has 0 aliphatic carbocycles. The van der Waals surface area contributed by atoms with Crippen molar-refractivity contribution < 1.29 is 23.1 Å². The number of aromatic carboxylic acids is 1. The van der Waals surface area contributed by atoms with Crippen molar-refractivity contribution in [1.82, 2.24) is 4.98 Å². The first-order valence-corrected chi connectivity index (χ1v) is 5.25. The van der Waals surface area contributed by atoms with Gasteiger partial charge in [0, 0.05) is 11.8 Å². The minimum Gasteiger partial charge on any atom is -0.478 e. The van der Waals surface area contributed by atoms with Gasteiger partial charge in [-0.2, -0.15) is 13.2 Å². The maximum absolute atomic E-state index is 12.4. The molecule has 0 saturated carbocycles. The molecule has 2 rings (SSSR count). The van der Waals surface area contributed by atoms with E-state index in [9.17, 15) is 18.0 Å². The second kappa shape index (κ2) is 4.72. The van der Waals surface area contributed by atoms with Gasteiger partial charge in [0.2, 0.25) is 0 Å². The van der Waals surface area contributed by atoms with Gasteiger partial charge in [-0.3, -0.25) is 4.98 Å². The summed E-state index contributed by atoms with van der Waals surface area (Å²) in [5, 5.41) is 8.99. The van der Waals surface area contributed by atoms with E-state index >= 15 is 0 Å². The van der Waals surface area contributed by atoms with Crippen molar-refractivity contribution in [3.8, 4) is 11.3 Å². The van der Waals surface area contributed by atoms with Crippen molar-refractivity contribution in [2.75, 3.05) is 0 Å². The lowest BCUT2D eigenvalue weighted by Crippen LogP contribution is -2.05. The number of hydrogen-bond donors (Lipinski definition) is 1. The van der Waals surface area contributed by atoms with E-state index in [1.54, 1.807) is 0 Å². The Morgan fingerprint density at radius 3 is 2.26 bits per heavy atom. The topological polar surface area (TPSA) is 50.2 Å². The van der Waals surface area contributed by atoms with E-state index in [2.05, 4.69) is 4.98 Å². The summed E-state index contributed by atoms with van der Waals surface area (Å²) in [7, 11) is 0. The number of carbonyl (C=O) groups is 1. The highest BCUT2D eigenvalue weighted by Gasteiger charge is 2.30. The molecule has 0 radical (unpaired) electrons. The number of carboxylic acids is 1. The van der Waals surface area contributed by atoms with Gasteiger partial charge < -0.3 is 5.11 Å². The molecule has 3 nitrogen and oxygen atoms in total. The van der Waals surface area contributed by atoms with Crippen LogP contribution in [-0.2, 0) is 6.18 Å². The zero-order valence-electron chi connectivity index (χ0n) is 9.48. The molecule has 98 valence electrons. The number of nitrogens with zero attached hydrogens (tertiary/aromatic N) is 1. The molecule has 0 bridgehead atoms. The van der Waals surface area contributed by atoms with Crippen LogP contribution >= 0.6 is 0 Å². The average molecular weight is 267 g/mol. The van der Waals surface area contributed by atoms with Crippen LogP contribution in [0.3, 0.4) is 0 Å². The average Bonchev–Trinajstić information content (AvgIpc) is 2.38. The molecule has 0 spiro atoms. The van der Waals surface area contributed by atoms with Crippen LogP contribution in [0.15, 0.2) is 42.6 Å². The predicted octanol–water partition coefficient (Wildman–Crippen LogP) is 3.47. The standard InChI is InChI=1S/C13H8F3NO2/c14-13(15,16)9-5-3-8(4-6-9)11-10(12(18)19)2-1-7-17-11/h1-7H,(H,18,19). The molecule has 0 atom stereocenters. The summed E-state index contributed by atoms with van der Waals surface area (Å²) in [6.45, 7) is 0. The highest BCUT2D eigenvalue weighted by molar-refractivity contribution is 5.94. The highest BCUT2D eigenvalue weighted by atomic mass is 19.4. The number of carboxylic acid groups (broad SMARTS) is 1. The van der Waals surface area contributed by atoms with E-state index in [0.717, 1.165) is 12.1 Å². The van der Waals surface area contributed by atoms with Crippen molar-refractivity contribution in [2.24, 2.45) is 0 Å². The van der Waals surface area contributed by atoms with Crippen LogP contribution < -0.4 is 0 Å². The van der Waals surface area contributed by atoms with Gasteiger partial charge in [-0.25, -0.2) is 4.79 Å². The van der Waals surface area contributed by atoms with Crippen molar-refractivity contribution in [1.29, 1.82) is 0 Å². The van der Waals surface area contributed by atoms with Gasteiger partial charge >= 0.3 is 12.1 Å². The van der Waals surface area contributed by atoms with Gasteiger partial charge in [-0.05, 0) is 24.3 Å². The van der Waals surface area contributed by atoms with Gasteiger partial charge in [0.1, 0.15) is 0 Å². The normalized spacial score (nSPS) is 11.3. The van der Waals surface area contributed by atoms with Gasteiger partial charge in [0.15, 0.2) is 0 Å². The maximum atomic E-state index is 12.4. The van der Waals surface area contributed by atoms with Crippen LogP contribution in [0, 0.1) is 0 Å². The minimum absolute atomic E-state index is 0.0535. The van der Waals surface area contributed by atoms with E-state index in [-0.39, 0.29) is 11.3 Å². The molecule has 0 saturated heterocycles. The molecule has 1 aromatic heterocycles. The third-order valence-electron chi connectivity index (χ3n) is 2.52. The lowest BCUT2D eigenvalue weighted by Gasteiger charge is -2.08.